The van der Waals surface area contributed by atoms with E-state index in [0.29, 0.717) is 6.04 Å². The summed E-state index contributed by atoms with van der Waals surface area (Å²) in [4.78, 5) is 16.4. The van der Waals surface area contributed by atoms with E-state index in [1.54, 1.807) is 0 Å². The SMILES string of the molecule is O=C(NC1CCCCC1)N1CCCN(CCO)CC1. The highest BCUT2D eigenvalue weighted by molar-refractivity contribution is 5.74. The number of rotatable bonds is 3. The van der Waals surface area contributed by atoms with Gasteiger partial charge in [-0.15, -0.1) is 0 Å². The van der Waals surface area contributed by atoms with E-state index in [0.717, 1.165) is 52.0 Å². The van der Waals surface area contributed by atoms with Crippen LogP contribution in [0.15, 0.2) is 0 Å². The quantitative estimate of drug-likeness (QED) is 0.804. The van der Waals surface area contributed by atoms with Crippen LogP contribution in [0.1, 0.15) is 38.5 Å². The number of amides is 2. The molecule has 0 spiro atoms. The third kappa shape index (κ3) is 4.66. The molecular formula is C14H27N3O2. The van der Waals surface area contributed by atoms with E-state index < -0.39 is 0 Å². The molecule has 1 saturated heterocycles. The topological polar surface area (TPSA) is 55.8 Å². The Kier molecular flexibility index (Phi) is 5.92. The number of aliphatic hydroxyl groups is 1. The van der Waals surface area contributed by atoms with Crippen molar-refractivity contribution in [2.45, 2.75) is 44.6 Å². The minimum atomic E-state index is 0.109. The summed E-state index contributed by atoms with van der Waals surface area (Å²) < 4.78 is 0. The number of nitrogens with zero attached hydrogens (tertiary/aromatic N) is 2. The van der Waals surface area contributed by atoms with Crippen LogP contribution in [0.2, 0.25) is 0 Å². The molecule has 0 aromatic rings. The van der Waals surface area contributed by atoms with Gasteiger partial charge in [-0.1, -0.05) is 19.3 Å². The zero-order chi connectivity index (χ0) is 13.5. The van der Waals surface area contributed by atoms with Crippen LogP contribution < -0.4 is 5.32 Å². The summed E-state index contributed by atoms with van der Waals surface area (Å²) in [6, 6.07) is 0.496. The van der Waals surface area contributed by atoms with Crippen molar-refractivity contribution in [3.63, 3.8) is 0 Å². The molecule has 2 N–H and O–H groups in total. The van der Waals surface area contributed by atoms with Crippen LogP contribution >= 0.6 is 0 Å². The predicted molar refractivity (Wildman–Crippen MR) is 75.1 cm³/mol. The largest absolute Gasteiger partial charge is 0.395 e. The van der Waals surface area contributed by atoms with Gasteiger partial charge in [-0.2, -0.15) is 0 Å². The first-order chi connectivity index (χ1) is 9.29. The number of urea groups is 1. The van der Waals surface area contributed by atoms with Gasteiger partial charge in [0.05, 0.1) is 6.61 Å². The van der Waals surface area contributed by atoms with E-state index >= 15 is 0 Å². The first-order valence-electron chi connectivity index (χ1n) is 7.68. The summed E-state index contributed by atoms with van der Waals surface area (Å²) in [5.74, 6) is 0. The molecule has 1 aliphatic carbocycles. The Hall–Kier alpha value is -0.810. The van der Waals surface area contributed by atoms with Crippen LogP contribution in [0.5, 0.6) is 0 Å². The van der Waals surface area contributed by atoms with E-state index in [2.05, 4.69) is 10.2 Å². The van der Waals surface area contributed by atoms with Gasteiger partial charge in [0.25, 0.3) is 0 Å². The normalized spacial score (nSPS) is 23.1. The second-order valence-electron chi connectivity index (χ2n) is 5.69. The number of hydrogen-bond acceptors (Lipinski definition) is 3. The molecule has 5 nitrogen and oxygen atoms in total. The van der Waals surface area contributed by atoms with Gasteiger partial charge in [-0.05, 0) is 25.8 Å². The number of nitrogens with one attached hydrogen (secondary N) is 1. The smallest absolute Gasteiger partial charge is 0.317 e. The summed E-state index contributed by atoms with van der Waals surface area (Å²) in [7, 11) is 0. The second-order valence-corrected chi connectivity index (χ2v) is 5.69. The summed E-state index contributed by atoms with van der Waals surface area (Å²) in [5.41, 5.74) is 0. The number of hydrogen-bond donors (Lipinski definition) is 2. The maximum absolute atomic E-state index is 12.2. The lowest BCUT2D eigenvalue weighted by molar-refractivity contribution is 0.184. The van der Waals surface area contributed by atoms with Crippen LogP contribution in [0, 0.1) is 0 Å². The lowest BCUT2D eigenvalue weighted by atomic mass is 9.96. The molecular weight excluding hydrogens is 242 g/mol. The summed E-state index contributed by atoms with van der Waals surface area (Å²) in [5, 5.41) is 12.1. The zero-order valence-corrected chi connectivity index (χ0v) is 11.8. The number of aliphatic hydroxyl groups excluding tert-OH is 1. The van der Waals surface area contributed by atoms with Crippen LogP contribution in [0.25, 0.3) is 0 Å². The van der Waals surface area contributed by atoms with Gasteiger partial charge >= 0.3 is 6.03 Å². The molecule has 110 valence electrons. The van der Waals surface area contributed by atoms with E-state index in [9.17, 15) is 4.79 Å². The van der Waals surface area contributed by atoms with E-state index in [-0.39, 0.29) is 12.6 Å². The predicted octanol–water partition coefficient (Wildman–Crippen LogP) is 1.03. The number of carbonyl (C=O) groups excluding carboxylic acids is 1. The van der Waals surface area contributed by atoms with Crippen molar-refractivity contribution >= 4 is 6.03 Å². The molecule has 0 bridgehead atoms. The number of carbonyl (C=O) groups is 1. The fraction of sp³-hybridized carbons (Fsp3) is 0.929. The average Bonchev–Trinajstić information content (AvgIpc) is 2.66. The number of β-amino-alcohol motifs (C(OH)–C–C–N with tert-alkyl or cyclic N) is 1. The van der Waals surface area contributed by atoms with Crippen LogP contribution in [-0.2, 0) is 0 Å². The van der Waals surface area contributed by atoms with Gasteiger partial charge in [0.15, 0.2) is 0 Å². The Labute approximate surface area is 115 Å². The molecule has 0 aromatic heterocycles. The van der Waals surface area contributed by atoms with Gasteiger partial charge < -0.3 is 15.3 Å². The first kappa shape index (κ1) is 14.6. The minimum absolute atomic E-state index is 0.109. The van der Waals surface area contributed by atoms with Crippen LogP contribution in [-0.4, -0.2) is 66.3 Å². The van der Waals surface area contributed by atoms with E-state index in [4.69, 9.17) is 5.11 Å². The Balaban J connectivity index is 1.75. The van der Waals surface area contributed by atoms with Crippen molar-refractivity contribution in [2.24, 2.45) is 0 Å². The highest BCUT2D eigenvalue weighted by Crippen LogP contribution is 2.17. The maximum Gasteiger partial charge on any atom is 0.317 e. The molecule has 1 aliphatic heterocycles. The Morgan fingerprint density at radius 2 is 1.84 bits per heavy atom. The van der Waals surface area contributed by atoms with E-state index in [1.165, 1.54) is 19.3 Å². The van der Waals surface area contributed by atoms with Gasteiger partial charge in [0.2, 0.25) is 0 Å². The highest BCUT2D eigenvalue weighted by atomic mass is 16.3. The molecule has 2 rings (SSSR count). The summed E-state index contributed by atoms with van der Waals surface area (Å²) in [6.45, 7) is 4.39. The monoisotopic (exact) mass is 269 g/mol. The standard InChI is InChI=1S/C14H27N3O2/c18-12-11-16-7-4-8-17(10-9-16)14(19)15-13-5-2-1-3-6-13/h13,18H,1-12H2,(H,15,19). The van der Waals surface area contributed by atoms with Gasteiger partial charge in [0, 0.05) is 32.2 Å². The van der Waals surface area contributed by atoms with Gasteiger partial charge in [-0.3, -0.25) is 4.90 Å². The zero-order valence-electron chi connectivity index (χ0n) is 11.8. The molecule has 19 heavy (non-hydrogen) atoms. The van der Waals surface area contributed by atoms with Crippen molar-refractivity contribution < 1.29 is 9.90 Å². The maximum atomic E-state index is 12.2. The molecule has 2 amide bonds. The summed E-state index contributed by atoms with van der Waals surface area (Å²) >= 11 is 0. The van der Waals surface area contributed by atoms with Crippen LogP contribution in [0.3, 0.4) is 0 Å². The van der Waals surface area contributed by atoms with Crippen molar-refractivity contribution in [3.8, 4) is 0 Å². The third-order valence-corrected chi connectivity index (χ3v) is 4.22. The average molecular weight is 269 g/mol. The van der Waals surface area contributed by atoms with Crippen molar-refractivity contribution in [3.05, 3.63) is 0 Å². The molecule has 0 aromatic carbocycles. The lowest BCUT2D eigenvalue weighted by Crippen LogP contribution is -2.46. The second kappa shape index (κ2) is 7.70. The molecule has 1 heterocycles. The molecule has 0 atom stereocenters. The third-order valence-electron chi connectivity index (χ3n) is 4.22. The minimum Gasteiger partial charge on any atom is -0.395 e. The van der Waals surface area contributed by atoms with Gasteiger partial charge in [0.1, 0.15) is 0 Å². The Morgan fingerprint density at radius 1 is 1.05 bits per heavy atom. The van der Waals surface area contributed by atoms with Crippen molar-refractivity contribution in [1.29, 1.82) is 0 Å². The first-order valence-corrected chi connectivity index (χ1v) is 7.68. The van der Waals surface area contributed by atoms with Crippen molar-refractivity contribution in [1.82, 2.24) is 15.1 Å². The molecule has 0 unspecified atom stereocenters. The fourth-order valence-electron chi connectivity index (χ4n) is 3.05. The Bertz CT molecular complexity index is 280. The molecule has 2 aliphatic rings. The lowest BCUT2D eigenvalue weighted by Gasteiger charge is -2.27. The van der Waals surface area contributed by atoms with Gasteiger partial charge in [-0.25, -0.2) is 4.79 Å². The molecule has 5 heteroatoms. The fourth-order valence-corrected chi connectivity index (χ4v) is 3.05. The van der Waals surface area contributed by atoms with Crippen LogP contribution in [0.4, 0.5) is 4.79 Å². The molecule has 0 radical (unpaired) electrons. The van der Waals surface area contributed by atoms with E-state index in [1.807, 2.05) is 4.90 Å². The molecule has 2 fully saturated rings. The molecule has 1 saturated carbocycles. The Morgan fingerprint density at radius 3 is 2.58 bits per heavy atom. The van der Waals surface area contributed by atoms with Crippen molar-refractivity contribution in [2.75, 3.05) is 39.3 Å². The highest BCUT2D eigenvalue weighted by Gasteiger charge is 2.22. The summed E-state index contributed by atoms with van der Waals surface area (Å²) in [6.07, 6.45) is 7.07.